The molecule has 0 bridgehead atoms. The molecule has 0 aliphatic carbocycles. The van der Waals surface area contributed by atoms with Crippen molar-refractivity contribution in [3.63, 3.8) is 0 Å². The van der Waals surface area contributed by atoms with Crippen LogP contribution in [0.4, 0.5) is 11.5 Å². The highest BCUT2D eigenvalue weighted by Crippen LogP contribution is 2.15. The van der Waals surface area contributed by atoms with Gasteiger partial charge in [-0.05, 0) is 24.6 Å². The molecule has 1 aromatic carbocycles. The van der Waals surface area contributed by atoms with Gasteiger partial charge >= 0.3 is 0 Å². The molecule has 20 heavy (non-hydrogen) atoms. The Kier molecular flexibility index (Phi) is 4.14. The molecule has 2 amide bonds. The molecule has 0 saturated heterocycles. The minimum atomic E-state index is -0.254. The fraction of sp³-hybridized carbons (Fsp3) is 0.214. The Morgan fingerprint density at radius 2 is 2.10 bits per heavy atom. The number of aromatic nitrogens is 2. The summed E-state index contributed by atoms with van der Waals surface area (Å²) in [7, 11) is 0. The molecular formula is C14H16N4O2. The maximum atomic E-state index is 12.1. The molecule has 6 heteroatoms. The molecule has 0 atom stereocenters. The number of aromatic amines is 1. The summed E-state index contributed by atoms with van der Waals surface area (Å²) < 4.78 is 0. The van der Waals surface area contributed by atoms with E-state index in [0.717, 1.165) is 12.0 Å². The van der Waals surface area contributed by atoms with E-state index in [1.165, 1.54) is 6.92 Å². The Bertz CT molecular complexity index is 634. The van der Waals surface area contributed by atoms with Gasteiger partial charge in [-0.15, -0.1) is 0 Å². The van der Waals surface area contributed by atoms with Gasteiger partial charge in [0.05, 0.1) is 6.20 Å². The summed E-state index contributed by atoms with van der Waals surface area (Å²) in [6, 6.07) is 6.75. The molecule has 2 rings (SSSR count). The first-order valence-electron chi connectivity index (χ1n) is 6.31. The number of H-pyrrole nitrogens is 1. The van der Waals surface area contributed by atoms with Crippen molar-refractivity contribution < 1.29 is 9.59 Å². The van der Waals surface area contributed by atoms with Crippen molar-refractivity contribution in [3.05, 3.63) is 41.6 Å². The van der Waals surface area contributed by atoms with E-state index in [4.69, 9.17) is 0 Å². The summed E-state index contributed by atoms with van der Waals surface area (Å²) in [5.74, 6) is 0.169. The second-order valence-electron chi connectivity index (χ2n) is 4.34. The normalized spacial score (nSPS) is 10.1. The van der Waals surface area contributed by atoms with E-state index < -0.39 is 0 Å². The zero-order chi connectivity index (χ0) is 14.5. The van der Waals surface area contributed by atoms with E-state index in [1.54, 1.807) is 30.5 Å². The van der Waals surface area contributed by atoms with E-state index in [2.05, 4.69) is 20.8 Å². The summed E-state index contributed by atoms with van der Waals surface area (Å²) in [4.78, 5) is 23.2. The number of carbonyl (C=O) groups excluding carboxylic acids is 2. The van der Waals surface area contributed by atoms with Crippen molar-refractivity contribution in [1.82, 2.24) is 10.2 Å². The quantitative estimate of drug-likeness (QED) is 0.797. The number of hydrogen-bond donors (Lipinski definition) is 3. The lowest BCUT2D eigenvalue weighted by molar-refractivity contribution is -0.114. The third-order valence-electron chi connectivity index (χ3n) is 2.78. The van der Waals surface area contributed by atoms with E-state index in [-0.39, 0.29) is 11.8 Å². The van der Waals surface area contributed by atoms with Crippen molar-refractivity contribution >= 4 is 23.3 Å². The van der Waals surface area contributed by atoms with Crippen LogP contribution in [0.3, 0.4) is 0 Å². The zero-order valence-electron chi connectivity index (χ0n) is 11.4. The SMILES string of the molecule is CCc1cn[nH]c1NC(=O)c1cccc(NC(C)=O)c1. The monoisotopic (exact) mass is 272 g/mol. The van der Waals surface area contributed by atoms with Crippen molar-refractivity contribution in [2.75, 3.05) is 10.6 Å². The zero-order valence-corrected chi connectivity index (χ0v) is 11.4. The molecule has 104 valence electrons. The van der Waals surface area contributed by atoms with Crippen LogP contribution in [0.25, 0.3) is 0 Å². The van der Waals surface area contributed by atoms with Crippen LogP contribution >= 0.6 is 0 Å². The molecule has 0 saturated carbocycles. The largest absolute Gasteiger partial charge is 0.326 e. The van der Waals surface area contributed by atoms with Gasteiger partial charge in [-0.1, -0.05) is 13.0 Å². The lowest BCUT2D eigenvalue weighted by atomic mass is 10.2. The predicted octanol–water partition coefficient (Wildman–Crippen LogP) is 2.18. The maximum absolute atomic E-state index is 12.1. The number of amides is 2. The lowest BCUT2D eigenvalue weighted by Crippen LogP contribution is -2.14. The minimum absolute atomic E-state index is 0.176. The lowest BCUT2D eigenvalue weighted by Gasteiger charge is -2.07. The molecule has 0 aliphatic rings. The van der Waals surface area contributed by atoms with E-state index in [1.807, 2.05) is 6.92 Å². The number of nitrogens with one attached hydrogen (secondary N) is 3. The number of benzene rings is 1. The predicted molar refractivity (Wildman–Crippen MR) is 76.7 cm³/mol. The summed E-state index contributed by atoms with van der Waals surface area (Å²) in [5, 5.41) is 12.1. The van der Waals surface area contributed by atoms with Crippen LogP contribution < -0.4 is 10.6 Å². The number of carbonyl (C=O) groups is 2. The van der Waals surface area contributed by atoms with Crippen LogP contribution in [0.15, 0.2) is 30.5 Å². The molecule has 1 heterocycles. The van der Waals surface area contributed by atoms with Crippen LogP contribution in [0.5, 0.6) is 0 Å². The van der Waals surface area contributed by atoms with Crippen LogP contribution in [0.1, 0.15) is 29.8 Å². The third kappa shape index (κ3) is 3.23. The number of aryl methyl sites for hydroxylation is 1. The molecule has 0 fully saturated rings. The van der Waals surface area contributed by atoms with Crippen LogP contribution in [0, 0.1) is 0 Å². The first-order valence-corrected chi connectivity index (χ1v) is 6.31. The molecule has 1 aromatic heterocycles. The highest BCUT2D eigenvalue weighted by Gasteiger charge is 2.10. The van der Waals surface area contributed by atoms with Gasteiger partial charge in [-0.2, -0.15) is 5.10 Å². The highest BCUT2D eigenvalue weighted by molar-refractivity contribution is 6.05. The fourth-order valence-electron chi connectivity index (χ4n) is 1.81. The average Bonchev–Trinajstić information content (AvgIpc) is 2.85. The topological polar surface area (TPSA) is 86.9 Å². The summed E-state index contributed by atoms with van der Waals surface area (Å²) in [6.45, 7) is 3.41. The third-order valence-corrected chi connectivity index (χ3v) is 2.78. The summed E-state index contributed by atoms with van der Waals surface area (Å²) in [6.07, 6.45) is 2.46. The molecule has 2 aromatic rings. The Labute approximate surface area is 116 Å². The van der Waals surface area contributed by atoms with Gasteiger partial charge < -0.3 is 10.6 Å². The molecule has 3 N–H and O–H groups in total. The molecule has 6 nitrogen and oxygen atoms in total. The molecule has 0 unspecified atom stereocenters. The fourth-order valence-corrected chi connectivity index (χ4v) is 1.81. The van der Waals surface area contributed by atoms with Crippen LogP contribution in [-0.4, -0.2) is 22.0 Å². The average molecular weight is 272 g/mol. The number of rotatable bonds is 4. The molecule has 0 radical (unpaired) electrons. The number of nitrogens with zero attached hydrogens (tertiary/aromatic N) is 1. The minimum Gasteiger partial charge on any atom is -0.326 e. The van der Waals surface area contributed by atoms with Gasteiger partial charge in [-0.3, -0.25) is 14.7 Å². The summed E-state index contributed by atoms with van der Waals surface area (Å²) >= 11 is 0. The van der Waals surface area contributed by atoms with Gasteiger partial charge in [0.2, 0.25) is 5.91 Å². The van der Waals surface area contributed by atoms with Gasteiger partial charge in [0.15, 0.2) is 0 Å². The summed E-state index contributed by atoms with van der Waals surface area (Å²) in [5.41, 5.74) is 2.00. The first-order chi connectivity index (χ1) is 9.60. The highest BCUT2D eigenvalue weighted by atomic mass is 16.2. The Morgan fingerprint density at radius 1 is 1.30 bits per heavy atom. The van der Waals surface area contributed by atoms with E-state index in [0.29, 0.717) is 17.1 Å². The maximum Gasteiger partial charge on any atom is 0.256 e. The molecule has 0 aliphatic heterocycles. The van der Waals surface area contributed by atoms with E-state index in [9.17, 15) is 9.59 Å². The van der Waals surface area contributed by atoms with Crippen molar-refractivity contribution in [2.45, 2.75) is 20.3 Å². The van der Waals surface area contributed by atoms with Crippen LogP contribution in [-0.2, 0) is 11.2 Å². The Morgan fingerprint density at radius 3 is 2.80 bits per heavy atom. The van der Waals surface area contributed by atoms with Gasteiger partial charge in [0.1, 0.15) is 5.82 Å². The van der Waals surface area contributed by atoms with Crippen molar-refractivity contribution in [2.24, 2.45) is 0 Å². The van der Waals surface area contributed by atoms with Crippen molar-refractivity contribution in [1.29, 1.82) is 0 Å². The molecule has 0 spiro atoms. The van der Waals surface area contributed by atoms with Crippen LogP contribution in [0.2, 0.25) is 0 Å². The van der Waals surface area contributed by atoms with Gasteiger partial charge in [0.25, 0.3) is 5.91 Å². The second-order valence-corrected chi connectivity index (χ2v) is 4.34. The number of hydrogen-bond acceptors (Lipinski definition) is 3. The van der Waals surface area contributed by atoms with Gasteiger partial charge in [-0.25, -0.2) is 0 Å². The standard InChI is InChI=1S/C14H16N4O2/c1-3-10-8-15-18-13(10)17-14(20)11-5-4-6-12(7-11)16-9(2)19/h4-8H,3H2,1-2H3,(H,16,19)(H2,15,17,18,20). The smallest absolute Gasteiger partial charge is 0.256 e. The van der Waals surface area contributed by atoms with E-state index >= 15 is 0 Å². The Balaban J connectivity index is 2.15. The van der Waals surface area contributed by atoms with Crippen molar-refractivity contribution in [3.8, 4) is 0 Å². The van der Waals surface area contributed by atoms with Gasteiger partial charge in [0, 0.05) is 23.7 Å². The Hall–Kier alpha value is -2.63. The molecular weight excluding hydrogens is 256 g/mol. The number of anilines is 2. The second kappa shape index (κ2) is 6.01. The first kappa shape index (κ1) is 13.8.